The zero-order valence-electron chi connectivity index (χ0n) is 50.7. The Bertz CT molecular complexity index is 1370. The van der Waals surface area contributed by atoms with E-state index in [0.29, 0.717) is 32.2 Å². The highest BCUT2D eigenvalue weighted by Gasteiger charge is 2.38. The highest BCUT2D eigenvalue weighted by atomic mass is 16.6. The molecule has 0 aliphatic heterocycles. The van der Waals surface area contributed by atoms with Crippen LogP contribution in [0.2, 0.25) is 0 Å². The third-order valence-electron chi connectivity index (χ3n) is 14.6. The molecule has 0 atom stereocenters. The molecule has 11 heteroatoms. The van der Waals surface area contributed by atoms with E-state index in [1.807, 2.05) is 0 Å². The lowest BCUT2D eigenvalue weighted by molar-refractivity contribution is -0.884. The van der Waals surface area contributed by atoms with Crippen LogP contribution in [0.15, 0.2) is 36.5 Å². The van der Waals surface area contributed by atoms with E-state index < -0.39 is 35.3 Å². The normalized spacial score (nSPS) is 12.1. The number of carboxylic acids is 1. The molecule has 0 radical (unpaired) electrons. The van der Waals surface area contributed by atoms with Crippen LogP contribution >= 0.6 is 0 Å². The Morgan fingerprint density at radius 2 is 0.636 bits per heavy atom. The van der Waals surface area contributed by atoms with E-state index in [2.05, 4.69) is 62.5 Å². The maximum Gasteiger partial charge on any atom is 0.305 e. The molecule has 1 amide bonds. The summed E-state index contributed by atoms with van der Waals surface area (Å²) in [6, 6.07) is 0. The van der Waals surface area contributed by atoms with Gasteiger partial charge in [0.2, 0.25) is 5.91 Å². The molecule has 0 aromatic carbocycles. The summed E-state index contributed by atoms with van der Waals surface area (Å²) < 4.78 is 17.7. The lowest BCUT2D eigenvalue weighted by atomic mass is 10.0. The molecule has 0 aromatic heterocycles. The van der Waals surface area contributed by atoms with Crippen LogP contribution in [0.4, 0.5) is 0 Å². The Morgan fingerprint density at radius 1 is 0.377 bits per heavy atom. The third kappa shape index (κ3) is 53.0. The molecular formula is C66H120N2O9. The minimum Gasteiger partial charge on any atom is -0.544 e. The molecule has 0 saturated carbocycles. The first-order chi connectivity index (χ1) is 37.4. The van der Waals surface area contributed by atoms with Crippen LogP contribution in [0.5, 0.6) is 0 Å². The minimum atomic E-state index is -1.51. The third-order valence-corrected chi connectivity index (χ3v) is 14.6. The Hall–Kier alpha value is -3.47. The molecule has 448 valence electrons. The first kappa shape index (κ1) is 73.5. The van der Waals surface area contributed by atoms with Crippen LogP contribution in [0, 0.1) is 0 Å². The summed E-state index contributed by atoms with van der Waals surface area (Å²) in [4.78, 5) is 64.9. The van der Waals surface area contributed by atoms with Gasteiger partial charge >= 0.3 is 17.9 Å². The molecule has 0 aliphatic rings. The zero-order valence-corrected chi connectivity index (χ0v) is 50.7. The van der Waals surface area contributed by atoms with E-state index in [0.717, 1.165) is 116 Å². The van der Waals surface area contributed by atoms with Gasteiger partial charge in [-0.05, 0) is 96.3 Å². The van der Waals surface area contributed by atoms with Crippen LogP contribution in [-0.4, -0.2) is 86.8 Å². The maximum atomic E-state index is 13.7. The molecule has 0 aliphatic carbocycles. The highest BCUT2D eigenvalue weighted by Crippen LogP contribution is 2.18. The number of aliphatic carboxylic acids is 1. The largest absolute Gasteiger partial charge is 0.544 e. The number of carbonyl (C=O) groups excluding carboxylic acids is 5. The number of hydrogen-bond donors (Lipinski definition) is 1. The topological polar surface area (TPSA) is 148 Å². The average Bonchev–Trinajstić information content (AvgIpc) is 3.39. The van der Waals surface area contributed by atoms with Crippen LogP contribution in [0.25, 0.3) is 0 Å². The fraction of sp³-hybridized carbons (Fsp3) is 0.833. The predicted octanol–water partition coefficient (Wildman–Crippen LogP) is 16.2. The van der Waals surface area contributed by atoms with Crippen LogP contribution in [0.3, 0.4) is 0 Å². The van der Waals surface area contributed by atoms with Crippen molar-refractivity contribution >= 4 is 29.8 Å². The molecule has 11 nitrogen and oxygen atoms in total. The van der Waals surface area contributed by atoms with Crippen LogP contribution in [0.1, 0.15) is 303 Å². The Balaban J connectivity index is 5.49. The number of esters is 3. The van der Waals surface area contributed by atoms with Gasteiger partial charge in [-0.2, -0.15) is 0 Å². The first-order valence-corrected chi connectivity index (χ1v) is 32.1. The first-order valence-electron chi connectivity index (χ1n) is 32.1. The van der Waals surface area contributed by atoms with Crippen LogP contribution in [-0.2, 0) is 38.2 Å². The molecule has 0 saturated heterocycles. The Labute approximate surface area is 473 Å². The SMILES string of the molecule is CCCCCCCC/C=C\CCCCCCCC(=O)OCC(COC(=O)CCCCCCC/C=C\CCCCCCCC)(COC(=O)CCCCCCC/C=C\CCCCCCCC)NC(=O)CCC[N+](C)(C)CC(=O)[O-]. The Morgan fingerprint density at radius 3 is 0.909 bits per heavy atom. The second-order valence-corrected chi connectivity index (χ2v) is 23.1. The fourth-order valence-corrected chi connectivity index (χ4v) is 9.58. The molecule has 0 spiro atoms. The van der Waals surface area contributed by atoms with E-state index in [9.17, 15) is 29.1 Å². The van der Waals surface area contributed by atoms with Crippen molar-refractivity contribution in [1.82, 2.24) is 5.32 Å². The van der Waals surface area contributed by atoms with Gasteiger partial charge in [0.1, 0.15) is 31.9 Å². The summed E-state index contributed by atoms with van der Waals surface area (Å²) >= 11 is 0. The van der Waals surface area contributed by atoms with Gasteiger partial charge in [-0.1, -0.05) is 211 Å². The number of quaternary nitrogens is 1. The summed E-state index contributed by atoms with van der Waals surface area (Å²) in [5.74, 6) is -2.87. The summed E-state index contributed by atoms with van der Waals surface area (Å²) in [7, 11) is 3.52. The summed E-state index contributed by atoms with van der Waals surface area (Å²) in [5.41, 5.74) is -1.51. The van der Waals surface area contributed by atoms with Gasteiger partial charge < -0.3 is 33.9 Å². The van der Waals surface area contributed by atoms with E-state index in [4.69, 9.17) is 14.2 Å². The van der Waals surface area contributed by atoms with Crippen molar-refractivity contribution in [3.05, 3.63) is 36.5 Å². The molecule has 0 rings (SSSR count). The lowest BCUT2D eigenvalue weighted by Gasteiger charge is -2.33. The number of amides is 1. The summed E-state index contributed by atoms with van der Waals surface area (Å²) in [5, 5.41) is 14.3. The van der Waals surface area contributed by atoms with Gasteiger partial charge in [-0.25, -0.2) is 0 Å². The number of nitrogens with zero attached hydrogens (tertiary/aromatic N) is 1. The number of rotatable bonds is 58. The minimum absolute atomic E-state index is 0.0328. The van der Waals surface area contributed by atoms with Crippen molar-refractivity contribution in [3.8, 4) is 0 Å². The van der Waals surface area contributed by atoms with Crippen molar-refractivity contribution in [2.45, 2.75) is 309 Å². The second kappa shape index (κ2) is 54.5. The smallest absolute Gasteiger partial charge is 0.305 e. The van der Waals surface area contributed by atoms with Crippen molar-refractivity contribution < 1.29 is 47.8 Å². The molecule has 0 fully saturated rings. The lowest BCUT2D eigenvalue weighted by Crippen LogP contribution is -2.59. The summed E-state index contributed by atoms with van der Waals surface area (Å²) in [6.45, 7) is 5.94. The van der Waals surface area contributed by atoms with Gasteiger partial charge in [-0.15, -0.1) is 0 Å². The number of hydrogen-bond acceptors (Lipinski definition) is 9. The molecule has 0 heterocycles. The molecule has 0 bridgehead atoms. The summed E-state index contributed by atoms with van der Waals surface area (Å²) in [6.07, 6.45) is 59.7. The number of ether oxygens (including phenoxy) is 3. The van der Waals surface area contributed by atoms with Gasteiger partial charge in [0.05, 0.1) is 26.6 Å². The number of carbonyl (C=O) groups is 5. The average molecular weight is 1090 g/mol. The van der Waals surface area contributed by atoms with Gasteiger partial charge in [0.15, 0.2) is 0 Å². The highest BCUT2D eigenvalue weighted by molar-refractivity contribution is 5.77. The van der Waals surface area contributed by atoms with Crippen molar-refractivity contribution in [1.29, 1.82) is 0 Å². The maximum absolute atomic E-state index is 13.7. The second-order valence-electron chi connectivity index (χ2n) is 23.1. The van der Waals surface area contributed by atoms with E-state index >= 15 is 0 Å². The van der Waals surface area contributed by atoms with Crippen molar-refractivity contribution in [2.75, 3.05) is 47.0 Å². The molecule has 1 N–H and O–H groups in total. The van der Waals surface area contributed by atoms with Gasteiger partial charge in [0, 0.05) is 32.1 Å². The number of unbranched alkanes of at least 4 members (excludes halogenated alkanes) is 33. The molecular weight excluding hydrogens is 965 g/mol. The monoisotopic (exact) mass is 1080 g/mol. The van der Waals surface area contributed by atoms with Gasteiger partial charge in [-0.3, -0.25) is 19.2 Å². The fourth-order valence-electron chi connectivity index (χ4n) is 9.58. The van der Waals surface area contributed by atoms with Crippen LogP contribution < -0.4 is 10.4 Å². The molecule has 0 unspecified atom stereocenters. The predicted molar refractivity (Wildman–Crippen MR) is 318 cm³/mol. The van der Waals surface area contributed by atoms with E-state index in [1.54, 1.807) is 14.1 Å². The molecule has 77 heavy (non-hydrogen) atoms. The number of allylic oxidation sites excluding steroid dienone is 6. The zero-order chi connectivity index (χ0) is 56.6. The van der Waals surface area contributed by atoms with E-state index in [1.165, 1.54) is 116 Å². The number of carboxylic acid groups (broad SMARTS) is 1. The number of nitrogens with one attached hydrogen (secondary N) is 1. The standard InChI is InChI=1S/C66H120N2O9/c1-6-9-12-15-18-21-24-27-30-33-36-39-42-45-48-53-63(72)75-58-66(67-61(69)52-51-56-68(4,5)57-62(70)71,59-76-64(73)54-49-46-43-40-37-34-31-28-25-22-19-16-13-10-7-2)60-77-65(74)55-50-47-44-41-38-35-32-29-26-23-20-17-14-11-8-3/h27-32H,6-26,33-60H2,1-5H3,(H-,67,69,70,71)/b30-27-,31-28-,32-29-. The quantitative estimate of drug-likeness (QED) is 0.0207. The molecule has 0 aromatic rings. The van der Waals surface area contributed by atoms with Crippen molar-refractivity contribution in [3.63, 3.8) is 0 Å². The number of likely N-dealkylation sites (N-methyl/N-ethyl adjacent to an activating group) is 1. The van der Waals surface area contributed by atoms with E-state index in [-0.39, 0.29) is 56.5 Å². The van der Waals surface area contributed by atoms with Crippen molar-refractivity contribution in [2.24, 2.45) is 0 Å². The Kier molecular flexibility index (Phi) is 52.0. The van der Waals surface area contributed by atoms with Gasteiger partial charge in [0.25, 0.3) is 0 Å².